The SMILES string of the molecule is COc1ccc(C=Nc2ccc3c(ccc4ccccc43)c2)cc1. The number of benzene rings is 4. The number of ether oxygens (including phenoxy) is 1. The van der Waals surface area contributed by atoms with Crippen LogP contribution in [0.4, 0.5) is 5.69 Å². The number of aliphatic imine (C=N–C) groups is 1. The number of hydrogen-bond acceptors (Lipinski definition) is 2. The van der Waals surface area contributed by atoms with E-state index in [1.54, 1.807) is 7.11 Å². The zero-order valence-corrected chi connectivity index (χ0v) is 13.4. The molecule has 24 heavy (non-hydrogen) atoms. The van der Waals surface area contributed by atoms with E-state index in [4.69, 9.17) is 4.74 Å². The fourth-order valence-electron chi connectivity index (χ4n) is 2.92. The molecule has 0 aromatic heterocycles. The average Bonchev–Trinajstić information content (AvgIpc) is 2.66. The molecule has 0 atom stereocenters. The lowest BCUT2D eigenvalue weighted by Gasteiger charge is -2.04. The Morgan fingerprint density at radius 2 is 1.50 bits per heavy atom. The van der Waals surface area contributed by atoms with Crippen LogP contribution in [0, 0.1) is 0 Å². The molecule has 0 fully saturated rings. The van der Waals surface area contributed by atoms with Crippen molar-refractivity contribution >= 4 is 33.4 Å². The molecule has 0 saturated carbocycles. The highest BCUT2D eigenvalue weighted by Gasteiger charge is 2.00. The van der Waals surface area contributed by atoms with Crippen LogP contribution < -0.4 is 4.74 Å². The zero-order chi connectivity index (χ0) is 16.4. The molecule has 0 amide bonds. The predicted molar refractivity (Wildman–Crippen MR) is 102 cm³/mol. The first-order valence-electron chi connectivity index (χ1n) is 7.93. The van der Waals surface area contributed by atoms with Gasteiger partial charge in [0.15, 0.2) is 0 Å². The molecule has 0 N–H and O–H groups in total. The largest absolute Gasteiger partial charge is 0.497 e. The van der Waals surface area contributed by atoms with Crippen molar-refractivity contribution in [2.45, 2.75) is 0 Å². The van der Waals surface area contributed by atoms with Gasteiger partial charge in [-0.15, -0.1) is 0 Å². The first-order valence-corrected chi connectivity index (χ1v) is 7.93. The molecule has 0 spiro atoms. The Morgan fingerprint density at radius 3 is 2.33 bits per heavy atom. The number of nitrogens with zero attached hydrogens (tertiary/aromatic N) is 1. The van der Waals surface area contributed by atoms with Gasteiger partial charge in [-0.3, -0.25) is 4.99 Å². The summed E-state index contributed by atoms with van der Waals surface area (Å²) in [6.07, 6.45) is 1.88. The van der Waals surface area contributed by atoms with Gasteiger partial charge >= 0.3 is 0 Å². The molecule has 116 valence electrons. The van der Waals surface area contributed by atoms with Gasteiger partial charge in [-0.25, -0.2) is 0 Å². The molecule has 4 aromatic rings. The second-order valence-corrected chi connectivity index (χ2v) is 5.72. The van der Waals surface area contributed by atoms with Crippen LogP contribution >= 0.6 is 0 Å². The summed E-state index contributed by atoms with van der Waals surface area (Å²) in [5, 5.41) is 5.01. The first-order chi connectivity index (χ1) is 11.8. The molecular weight excluding hydrogens is 294 g/mol. The Kier molecular flexibility index (Phi) is 3.72. The maximum absolute atomic E-state index is 5.17. The fraction of sp³-hybridized carbons (Fsp3) is 0.0455. The normalized spacial score (nSPS) is 11.4. The van der Waals surface area contributed by atoms with Crippen molar-refractivity contribution < 1.29 is 4.74 Å². The van der Waals surface area contributed by atoms with Crippen molar-refractivity contribution in [1.29, 1.82) is 0 Å². The van der Waals surface area contributed by atoms with E-state index in [-0.39, 0.29) is 0 Å². The van der Waals surface area contributed by atoms with Gasteiger partial charge in [0.2, 0.25) is 0 Å². The summed E-state index contributed by atoms with van der Waals surface area (Å²) in [5.41, 5.74) is 2.00. The van der Waals surface area contributed by atoms with E-state index in [0.717, 1.165) is 17.0 Å². The van der Waals surface area contributed by atoms with Gasteiger partial charge in [-0.05, 0) is 63.5 Å². The smallest absolute Gasteiger partial charge is 0.118 e. The van der Waals surface area contributed by atoms with E-state index in [1.807, 2.05) is 30.5 Å². The molecule has 0 bridgehead atoms. The van der Waals surface area contributed by atoms with Crippen LogP contribution in [0.5, 0.6) is 5.75 Å². The van der Waals surface area contributed by atoms with E-state index >= 15 is 0 Å². The second-order valence-electron chi connectivity index (χ2n) is 5.72. The Hall–Kier alpha value is -3.13. The number of hydrogen-bond donors (Lipinski definition) is 0. The summed E-state index contributed by atoms with van der Waals surface area (Å²) >= 11 is 0. The topological polar surface area (TPSA) is 21.6 Å². The van der Waals surface area contributed by atoms with Crippen LogP contribution in [0.15, 0.2) is 83.9 Å². The molecule has 0 aliphatic rings. The van der Waals surface area contributed by atoms with E-state index in [9.17, 15) is 0 Å². The predicted octanol–water partition coefficient (Wildman–Crippen LogP) is 5.75. The minimum atomic E-state index is 0.852. The Bertz CT molecular complexity index is 1030. The molecule has 4 rings (SSSR count). The van der Waals surface area contributed by atoms with Crippen molar-refractivity contribution in [2.24, 2.45) is 4.99 Å². The quantitative estimate of drug-likeness (QED) is 0.348. The van der Waals surface area contributed by atoms with E-state index in [2.05, 4.69) is 59.6 Å². The molecule has 0 radical (unpaired) electrons. The maximum Gasteiger partial charge on any atom is 0.118 e. The highest BCUT2D eigenvalue weighted by atomic mass is 16.5. The van der Waals surface area contributed by atoms with Crippen molar-refractivity contribution in [3.63, 3.8) is 0 Å². The van der Waals surface area contributed by atoms with Crippen molar-refractivity contribution in [3.8, 4) is 5.75 Å². The van der Waals surface area contributed by atoms with Gasteiger partial charge in [-0.1, -0.05) is 42.5 Å². The molecule has 0 aliphatic carbocycles. The summed E-state index contributed by atoms with van der Waals surface area (Å²) in [6.45, 7) is 0. The zero-order valence-electron chi connectivity index (χ0n) is 13.4. The van der Waals surface area contributed by atoms with Crippen LogP contribution in [0.3, 0.4) is 0 Å². The molecule has 0 saturated heterocycles. The molecule has 0 unspecified atom stereocenters. The summed E-state index contributed by atoms with van der Waals surface area (Å²) in [5.74, 6) is 0.852. The lowest BCUT2D eigenvalue weighted by Crippen LogP contribution is -1.84. The van der Waals surface area contributed by atoms with Gasteiger partial charge in [0, 0.05) is 6.21 Å². The van der Waals surface area contributed by atoms with Crippen molar-refractivity contribution in [2.75, 3.05) is 7.11 Å². The van der Waals surface area contributed by atoms with Crippen LogP contribution in [0.25, 0.3) is 21.5 Å². The first kappa shape index (κ1) is 14.5. The Balaban J connectivity index is 1.69. The van der Waals surface area contributed by atoms with E-state index in [1.165, 1.54) is 21.5 Å². The molecule has 0 aliphatic heterocycles. The third-order valence-electron chi connectivity index (χ3n) is 4.21. The Labute approximate surface area is 141 Å². The number of rotatable bonds is 3. The molecule has 4 aromatic carbocycles. The van der Waals surface area contributed by atoms with Crippen LogP contribution in [-0.4, -0.2) is 13.3 Å². The Morgan fingerprint density at radius 1 is 0.750 bits per heavy atom. The van der Waals surface area contributed by atoms with Crippen molar-refractivity contribution in [3.05, 3.63) is 84.4 Å². The summed E-state index contributed by atoms with van der Waals surface area (Å²) in [4.78, 5) is 4.60. The molecule has 0 heterocycles. The standard InChI is InChI=1S/C22H17NO/c1-24-20-11-6-16(7-12-20)15-23-19-10-13-22-18(14-19)9-8-17-4-2-3-5-21(17)22/h2-15H,1H3. The van der Waals surface area contributed by atoms with Gasteiger partial charge in [0.05, 0.1) is 12.8 Å². The van der Waals surface area contributed by atoms with E-state index in [0.29, 0.717) is 0 Å². The third kappa shape index (κ3) is 2.74. The van der Waals surface area contributed by atoms with E-state index < -0.39 is 0 Å². The molecular formula is C22H17NO. The number of methoxy groups -OCH3 is 1. The van der Waals surface area contributed by atoms with Gasteiger partial charge in [0.1, 0.15) is 5.75 Å². The third-order valence-corrected chi connectivity index (χ3v) is 4.21. The average molecular weight is 311 g/mol. The minimum Gasteiger partial charge on any atom is -0.497 e. The highest BCUT2D eigenvalue weighted by molar-refractivity contribution is 6.08. The van der Waals surface area contributed by atoms with Crippen LogP contribution in [0.1, 0.15) is 5.56 Å². The lowest BCUT2D eigenvalue weighted by atomic mass is 10.0. The minimum absolute atomic E-state index is 0.852. The summed E-state index contributed by atoms with van der Waals surface area (Å²) in [6, 6.07) is 27.0. The second kappa shape index (κ2) is 6.17. The van der Waals surface area contributed by atoms with Gasteiger partial charge in [0.25, 0.3) is 0 Å². The van der Waals surface area contributed by atoms with Gasteiger partial charge < -0.3 is 4.74 Å². The fourth-order valence-corrected chi connectivity index (χ4v) is 2.92. The number of fused-ring (bicyclic) bond motifs is 3. The summed E-state index contributed by atoms with van der Waals surface area (Å²) in [7, 11) is 1.67. The lowest BCUT2D eigenvalue weighted by molar-refractivity contribution is 0.415. The van der Waals surface area contributed by atoms with Crippen LogP contribution in [-0.2, 0) is 0 Å². The highest BCUT2D eigenvalue weighted by Crippen LogP contribution is 2.28. The van der Waals surface area contributed by atoms with Gasteiger partial charge in [-0.2, -0.15) is 0 Å². The maximum atomic E-state index is 5.17. The molecule has 2 heteroatoms. The monoisotopic (exact) mass is 311 g/mol. The van der Waals surface area contributed by atoms with Crippen LogP contribution in [0.2, 0.25) is 0 Å². The van der Waals surface area contributed by atoms with Crippen molar-refractivity contribution in [1.82, 2.24) is 0 Å². The molecule has 2 nitrogen and oxygen atoms in total. The summed E-state index contributed by atoms with van der Waals surface area (Å²) < 4.78 is 5.17.